The Morgan fingerprint density at radius 2 is 2.24 bits per heavy atom. The fourth-order valence-electron chi connectivity index (χ4n) is 1.41. The molecule has 5 nitrogen and oxygen atoms in total. The number of aryl methyl sites for hydroxylation is 1. The Balaban J connectivity index is 1.92. The molecule has 0 aliphatic carbocycles. The zero-order valence-corrected chi connectivity index (χ0v) is 9.84. The monoisotopic (exact) mass is 232 g/mol. The van der Waals surface area contributed by atoms with Crippen LogP contribution >= 0.6 is 0 Å². The highest BCUT2D eigenvalue weighted by Crippen LogP contribution is 2.10. The van der Waals surface area contributed by atoms with Gasteiger partial charge in [-0.1, -0.05) is 6.07 Å². The highest BCUT2D eigenvalue weighted by molar-refractivity contribution is 5.15. The van der Waals surface area contributed by atoms with Crippen molar-refractivity contribution in [2.24, 2.45) is 5.73 Å². The Bertz CT molecular complexity index is 464. The lowest BCUT2D eigenvalue weighted by Gasteiger charge is -2.03. The van der Waals surface area contributed by atoms with Crippen LogP contribution in [0.5, 0.6) is 5.75 Å². The maximum atomic E-state index is 5.57. The summed E-state index contributed by atoms with van der Waals surface area (Å²) in [6.07, 6.45) is 5.35. The van der Waals surface area contributed by atoms with Gasteiger partial charge in [-0.25, -0.2) is 0 Å². The Hall–Kier alpha value is -1.88. The van der Waals surface area contributed by atoms with Crippen LogP contribution in [0.15, 0.2) is 30.7 Å². The van der Waals surface area contributed by atoms with Gasteiger partial charge in [0.15, 0.2) is 5.75 Å². The van der Waals surface area contributed by atoms with Crippen LogP contribution in [0, 0.1) is 0 Å². The Morgan fingerprint density at radius 3 is 2.82 bits per heavy atom. The van der Waals surface area contributed by atoms with E-state index >= 15 is 0 Å². The van der Waals surface area contributed by atoms with Crippen molar-refractivity contribution >= 4 is 0 Å². The minimum absolute atomic E-state index is 0.445. The molecule has 90 valence electrons. The molecule has 0 radical (unpaired) electrons. The second kappa shape index (κ2) is 5.45. The van der Waals surface area contributed by atoms with Crippen LogP contribution in [0.4, 0.5) is 0 Å². The van der Waals surface area contributed by atoms with Gasteiger partial charge in [0.1, 0.15) is 6.61 Å². The zero-order valence-electron chi connectivity index (χ0n) is 9.84. The standard InChI is InChI=1S/C12H16N4O/c1-2-16-8-12(7-15-16)17-9-11-4-3-10(5-13)6-14-11/h3-4,6-8H,2,5,9,13H2,1H3. The number of hydrogen-bond donors (Lipinski definition) is 1. The maximum Gasteiger partial charge on any atom is 0.157 e. The van der Waals surface area contributed by atoms with E-state index in [1.54, 1.807) is 12.4 Å². The van der Waals surface area contributed by atoms with Crippen LogP contribution in [0.3, 0.4) is 0 Å². The summed E-state index contributed by atoms with van der Waals surface area (Å²) >= 11 is 0. The molecule has 0 bridgehead atoms. The summed E-state index contributed by atoms with van der Waals surface area (Å²) in [5.41, 5.74) is 7.40. The summed E-state index contributed by atoms with van der Waals surface area (Å²) < 4.78 is 7.39. The number of aromatic nitrogens is 3. The molecule has 5 heteroatoms. The summed E-state index contributed by atoms with van der Waals surface area (Å²) in [4.78, 5) is 4.26. The van der Waals surface area contributed by atoms with E-state index in [0.29, 0.717) is 13.2 Å². The first-order valence-electron chi connectivity index (χ1n) is 5.61. The second-order valence-electron chi connectivity index (χ2n) is 3.68. The van der Waals surface area contributed by atoms with Gasteiger partial charge in [-0.2, -0.15) is 5.10 Å². The first-order valence-corrected chi connectivity index (χ1v) is 5.61. The number of ether oxygens (including phenoxy) is 1. The number of nitrogens with two attached hydrogens (primary N) is 1. The third kappa shape index (κ3) is 3.04. The molecule has 0 saturated carbocycles. The number of pyridine rings is 1. The summed E-state index contributed by atoms with van der Waals surface area (Å²) in [6, 6.07) is 3.88. The summed E-state index contributed by atoms with van der Waals surface area (Å²) in [5.74, 6) is 0.761. The average molecular weight is 232 g/mol. The topological polar surface area (TPSA) is 66.0 Å². The van der Waals surface area contributed by atoms with Gasteiger partial charge in [-0.15, -0.1) is 0 Å². The fourth-order valence-corrected chi connectivity index (χ4v) is 1.41. The predicted molar refractivity (Wildman–Crippen MR) is 64.4 cm³/mol. The van der Waals surface area contributed by atoms with Crippen molar-refractivity contribution in [3.05, 3.63) is 42.0 Å². The van der Waals surface area contributed by atoms with Crippen molar-refractivity contribution in [3.8, 4) is 5.75 Å². The quantitative estimate of drug-likeness (QED) is 0.844. The van der Waals surface area contributed by atoms with Gasteiger partial charge in [0.25, 0.3) is 0 Å². The summed E-state index contributed by atoms with van der Waals surface area (Å²) in [5, 5.41) is 4.13. The first kappa shape index (κ1) is 11.6. The van der Waals surface area contributed by atoms with Gasteiger partial charge < -0.3 is 10.5 Å². The maximum absolute atomic E-state index is 5.57. The SMILES string of the molecule is CCn1cc(OCc2ccc(CN)cn2)cn1. The first-order chi connectivity index (χ1) is 8.31. The van der Waals surface area contributed by atoms with Crippen molar-refractivity contribution in [1.82, 2.24) is 14.8 Å². The molecule has 0 aliphatic heterocycles. The Morgan fingerprint density at radius 1 is 1.35 bits per heavy atom. The van der Waals surface area contributed by atoms with E-state index in [0.717, 1.165) is 23.6 Å². The lowest BCUT2D eigenvalue weighted by molar-refractivity contribution is 0.301. The molecule has 0 aliphatic rings. The normalized spacial score (nSPS) is 10.5. The molecule has 2 rings (SSSR count). The molecule has 0 spiro atoms. The van der Waals surface area contributed by atoms with Crippen molar-refractivity contribution in [3.63, 3.8) is 0 Å². The molecule has 0 fully saturated rings. The highest BCUT2D eigenvalue weighted by atomic mass is 16.5. The van der Waals surface area contributed by atoms with Gasteiger partial charge in [-0.3, -0.25) is 9.67 Å². The highest BCUT2D eigenvalue weighted by Gasteiger charge is 2.00. The van der Waals surface area contributed by atoms with Gasteiger partial charge in [-0.05, 0) is 18.6 Å². The molecule has 0 aromatic carbocycles. The molecular weight excluding hydrogens is 216 g/mol. The lowest BCUT2D eigenvalue weighted by atomic mass is 10.2. The van der Waals surface area contributed by atoms with Crippen molar-refractivity contribution in [2.75, 3.05) is 0 Å². The van der Waals surface area contributed by atoms with Crippen LogP contribution in [0.1, 0.15) is 18.2 Å². The minimum Gasteiger partial charge on any atom is -0.484 e. The molecule has 17 heavy (non-hydrogen) atoms. The van der Waals surface area contributed by atoms with Gasteiger partial charge in [0.05, 0.1) is 18.1 Å². The van der Waals surface area contributed by atoms with Crippen LogP contribution in [0.25, 0.3) is 0 Å². The Labute approximate surface area is 100 Å². The van der Waals surface area contributed by atoms with Crippen molar-refractivity contribution < 1.29 is 4.74 Å². The van der Waals surface area contributed by atoms with E-state index in [2.05, 4.69) is 10.1 Å². The van der Waals surface area contributed by atoms with Crippen LogP contribution < -0.4 is 10.5 Å². The van der Waals surface area contributed by atoms with E-state index < -0.39 is 0 Å². The average Bonchev–Trinajstić information content (AvgIpc) is 2.85. The third-order valence-electron chi connectivity index (χ3n) is 2.44. The largest absolute Gasteiger partial charge is 0.484 e. The summed E-state index contributed by atoms with van der Waals surface area (Å²) in [7, 11) is 0. The molecule has 0 unspecified atom stereocenters. The molecular formula is C12H16N4O. The van der Waals surface area contributed by atoms with Gasteiger partial charge >= 0.3 is 0 Å². The van der Waals surface area contributed by atoms with E-state index in [1.807, 2.05) is 29.9 Å². The van der Waals surface area contributed by atoms with Crippen molar-refractivity contribution in [1.29, 1.82) is 0 Å². The molecule has 2 heterocycles. The van der Waals surface area contributed by atoms with E-state index in [9.17, 15) is 0 Å². The van der Waals surface area contributed by atoms with E-state index in [4.69, 9.17) is 10.5 Å². The lowest BCUT2D eigenvalue weighted by Crippen LogP contribution is -2.01. The van der Waals surface area contributed by atoms with Crippen LogP contribution in [-0.4, -0.2) is 14.8 Å². The van der Waals surface area contributed by atoms with Crippen LogP contribution in [0.2, 0.25) is 0 Å². The number of rotatable bonds is 5. The molecule has 2 aromatic heterocycles. The number of hydrogen-bond acceptors (Lipinski definition) is 4. The van der Waals surface area contributed by atoms with E-state index in [-0.39, 0.29) is 0 Å². The molecule has 0 amide bonds. The predicted octanol–water partition coefficient (Wildman–Crippen LogP) is 1.34. The summed E-state index contributed by atoms with van der Waals surface area (Å²) in [6.45, 7) is 3.83. The van der Waals surface area contributed by atoms with Crippen molar-refractivity contribution in [2.45, 2.75) is 26.6 Å². The molecule has 0 saturated heterocycles. The molecule has 0 atom stereocenters. The fraction of sp³-hybridized carbons (Fsp3) is 0.333. The smallest absolute Gasteiger partial charge is 0.157 e. The van der Waals surface area contributed by atoms with E-state index in [1.165, 1.54) is 0 Å². The molecule has 2 aromatic rings. The third-order valence-corrected chi connectivity index (χ3v) is 2.44. The Kier molecular flexibility index (Phi) is 3.72. The minimum atomic E-state index is 0.445. The van der Waals surface area contributed by atoms with Crippen LogP contribution in [-0.2, 0) is 19.7 Å². The number of nitrogens with zero attached hydrogens (tertiary/aromatic N) is 3. The molecule has 2 N–H and O–H groups in total. The van der Waals surface area contributed by atoms with Gasteiger partial charge in [0.2, 0.25) is 0 Å². The van der Waals surface area contributed by atoms with Gasteiger partial charge in [0, 0.05) is 19.3 Å². The second-order valence-corrected chi connectivity index (χ2v) is 3.68. The zero-order chi connectivity index (χ0) is 12.1.